The monoisotopic (exact) mass is 319 g/mol. The summed E-state index contributed by atoms with van der Waals surface area (Å²) in [5, 5.41) is 11.6. The second-order valence-electron chi connectivity index (χ2n) is 4.24. The van der Waals surface area contributed by atoms with Crippen molar-refractivity contribution in [3.63, 3.8) is 0 Å². The Hall–Kier alpha value is -2.10. The van der Waals surface area contributed by atoms with E-state index < -0.39 is 4.92 Å². The average molecular weight is 320 g/mol. The van der Waals surface area contributed by atoms with Gasteiger partial charge in [0.1, 0.15) is 0 Å². The van der Waals surface area contributed by atoms with E-state index in [0.29, 0.717) is 10.0 Å². The summed E-state index contributed by atoms with van der Waals surface area (Å²) in [6, 6.07) is 11.7. The van der Waals surface area contributed by atoms with Crippen LogP contribution in [0.15, 0.2) is 54.6 Å². The SMILES string of the molecule is O=[N+]([O-])c1ccc(C=CC=Cc2ccc(Cl)c(Cl)c2)cc1. The normalized spacial score (nSPS) is 11.3. The number of halogens is 2. The molecular weight excluding hydrogens is 309 g/mol. The van der Waals surface area contributed by atoms with E-state index in [-0.39, 0.29) is 5.69 Å². The molecule has 0 N–H and O–H groups in total. The van der Waals surface area contributed by atoms with Gasteiger partial charge in [-0.3, -0.25) is 10.1 Å². The van der Waals surface area contributed by atoms with E-state index in [1.54, 1.807) is 24.3 Å². The van der Waals surface area contributed by atoms with Gasteiger partial charge in [-0.25, -0.2) is 0 Å². The lowest BCUT2D eigenvalue weighted by Gasteiger charge is -1.96. The molecule has 0 aliphatic heterocycles. The first kappa shape index (κ1) is 15.3. The molecule has 5 heteroatoms. The summed E-state index contributed by atoms with van der Waals surface area (Å²) in [6.07, 6.45) is 7.46. The summed E-state index contributed by atoms with van der Waals surface area (Å²) < 4.78 is 0. The molecule has 0 saturated heterocycles. The smallest absolute Gasteiger partial charge is 0.258 e. The number of hydrogen-bond acceptors (Lipinski definition) is 2. The highest BCUT2D eigenvalue weighted by Gasteiger charge is 2.01. The summed E-state index contributed by atoms with van der Waals surface area (Å²) in [5.41, 5.74) is 1.91. The van der Waals surface area contributed by atoms with Crippen molar-refractivity contribution in [2.24, 2.45) is 0 Å². The highest BCUT2D eigenvalue weighted by atomic mass is 35.5. The lowest BCUT2D eigenvalue weighted by molar-refractivity contribution is -0.384. The maximum Gasteiger partial charge on any atom is 0.269 e. The van der Waals surface area contributed by atoms with Crippen LogP contribution in [-0.2, 0) is 0 Å². The van der Waals surface area contributed by atoms with Gasteiger partial charge in [0.15, 0.2) is 0 Å². The molecule has 21 heavy (non-hydrogen) atoms. The van der Waals surface area contributed by atoms with E-state index in [2.05, 4.69) is 0 Å². The first-order valence-corrected chi connectivity index (χ1v) is 6.86. The Morgan fingerprint density at radius 3 is 2.00 bits per heavy atom. The van der Waals surface area contributed by atoms with Crippen molar-refractivity contribution in [2.45, 2.75) is 0 Å². The number of non-ortho nitro benzene ring substituents is 1. The van der Waals surface area contributed by atoms with Gasteiger partial charge in [-0.1, -0.05) is 53.6 Å². The summed E-state index contributed by atoms with van der Waals surface area (Å²) in [6.45, 7) is 0. The van der Waals surface area contributed by atoms with Crippen molar-refractivity contribution in [1.82, 2.24) is 0 Å². The Morgan fingerprint density at radius 1 is 0.857 bits per heavy atom. The molecule has 0 bridgehead atoms. The minimum Gasteiger partial charge on any atom is -0.258 e. The molecule has 2 aromatic rings. The summed E-state index contributed by atoms with van der Waals surface area (Å²) >= 11 is 11.8. The highest BCUT2D eigenvalue weighted by molar-refractivity contribution is 6.42. The van der Waals surface area contributed by atoms with Crippen LogP contribution in [-0.4, -0.2) is 4.92 Å². The molecule has 0 heterocycles. The van der Waals surface area contributed by atoms with Gasteiger partial charge in [-0.05, 0) is 35.4 Å². The van der Waals surface area contributed by atoms with Gasteiger partial charge in [0.05, 0.1) is 15.0 Å². The third kappa shape index (κ3) is 4.45. The fourth-order valence-electron chi connectivity index (χ4n) is 1.66. The first-order valence-electron chi connectivity index (χ1n) is 6.10. The molecule has 2 rings (SSSR count). The van der Waals surface area contributed by atoms with Gasteiger partial charge in [0.2, 0.25) is 0 Å². The molecule has 0 spiro atoms. The third-order valence-corrected chi connectivity index (χ3v) is 3.48. The third-order valence-electron chi connectivity index (χ3n) is 2.74. The Labute approximate surface area is 132 Å². The van der Waals surface area contributed by atoms with Gasteiger partial charge in [0.25, 0.3) is 5.69 Å². The predicted molar refractivity (Wildman–Crippen MR) is 87.6 cm³/mol. The van der Waals surface area contributed by atoms with Crippen LogP contribution in [0.1, 0.15) is 11.1 Å². The van der Waals surface area contributed by atoms with Crippen LogP contribution < -0.4 is 0 Å². The Bertz CT molecular complexity index is 707. The number of benzene rings is 2. The Balaban J connectivity index is 2.02. The number of nitrogens with zero attached hydrogens (tertiary/aromatic N) is 1. The van der Waals surface area contributed by atoms with Crippen LogP contribution in [0.4, 0.5) is 5.69 Å². The molecule has 0 aliphatic carbocycles. The predicted octanol–water partition coefficient (Wildman–Crippen LogP) is 5.63. The van der Waals surface area contributed by atoms with Crippen molar-refractivity contribution >= 4 is 41.0 Å². The fraction of sp³-hybridized carbons (Fsp3) is 0. The van der Waals surface area contributed by atoms with Crippen LogP contribution in [0.2, 0.25) is 10.0 Å². The summed E-state index contributed by atoms with van der Waals surface area (Å²) in [5.74, 6) is 0. The van der Waals surface area contributed by atoms with E-state index in [0.717, 1.165) is 11.1 Å². The van der Waals surface area contributed by atoms with E-state index in [9.17, 15) is 10.1 Å². The molecule has 0 fully saturated rings. The maximum absolute atomic E-state index is 10.5. The zero-order valence-electron chi connectivity index (χ0n) is 10.9. The van der Waals surface area contributed by atoms with Crippen molar-refractivity contribution in [3.8, 4) is 0 Å². The lowest BCUT2D eigenvalue weighted by atomic mass is 10.1. The second kappa shape index (κ2) is 7.07. The number of hydrogen-bond donors (Lipinski definition) is 0. The Kier molecular flexibility index (Phi) is 5.14. The van der Waals surface area contributed by atoms with E-state index in [1.165, 1.54) is 12.1 Å². The largest absolute Gasteiger partial charge is 0.269 e. The number of nitro groups is 1. The van der Waals surface area contributed by atoms with Gasteiger partial charge >= 0.3 is 0 Å². The first-order chi connectivity index (χ1) is 10.1. The molecule has 0 saturated carbocycles. The second-order valence-corrected chi connectivity index (χ2v) is 5.05. The van der Waals surface area contributed by atoms with Crippen LogP contribution in [0.3, 0.4) is 0 Å². The minimum atomic E-state index is -0.419. The standard InChI is InChI=1S/C16H11Cl2NO2/c17-15-10-7-13(11-16(15)18)4-2-1-3-12-5-8-14(9-6-12)19(20)21/h1-11H. The molecule has 0 aromatic heterocycles. The molecule has 2 aromatic carbocycles. The molecule has 3 nitrogen and oxygen atoms in total. The summed E-state index contributed by atoms with van der Waals surface area (Å²) in [7, 11) is 0. The number of nitro benzene ring substituents is 1. The van der Waals surface area contributed by atoms with Crippen LogP contribution >= 0.6 is 23.2 Å². The fourth-order valence-corrected chi connectivity index (χ4v) is 1.96. The van der Waals surface area contributed by atoms with Gasteiger partial charge in [0, 0.05) is 12.1 Å². The highest BCUT2D eigenvalue weighted by Crippen LogP contribution is 2.23. The van der Waals surface area contributed by atoms with Crippen LogP contribution in [0.25, 0.3) is 12.2 Å². The molecule has 0 atom stereocenters. The molecular formula is C16H11Cl2NO2. The Morgan fingerprint density at radius 2 is 1.43 bits per heavy atom. The molecule has 0 amide bonds. The van der Waals surface area contributed by atoms with Crippen molar-refractivity contribution in [3.05, 3.63) is 85.9 Å². The van der Waals surface area contributed by atoms with Crippen LogP contribution in [0, 0.1) is 10.1 Å². The van der Waals surface area contributed by atoms with Gasteiger partial charge < -0.3 is 0 Å². The van der Waals surface area contributed by atoms with Crippen molar-refractivity contribution in [1.29, 1.82) is 0 Å². The molecule has 106 valence electrons. The average Bonchev–Trinajstić information content (AvgIpc) is 2.47. The topological polar surface area (TPSA) is 43.1 Å². The zero-order chi connectivity index (χ0) is 15.2. The molecule has 0 radical (unpaired) electrons. The lowest BCUT2D eigenvalue weighted by Crippen LogP contribution is -1.86. The van der Waals surface area contributed by atoms with Crippen molar-refractivity contribution < 1.29 is 4.92 Å². The van der Waals surface area contributed by atoms with E-state index in [1.807, 2.05) is 30.4 Å². The number of allylic oxidation sites excluding steroid dienone is 2. The zero-order valence-corrected chi connectivity index (χ0v) is 12.4. The quantitative estimate of drug-likeness (QED) is 0.416. The maximum atomic E-state index is 10.5. The molecule has 0 unspecified atom stereocenters. The van der Waals surface area contributed by atoms with Crippen LogP contribution in [0.5, 0.6) is 0 Å². The number of rotatable bonds is 4. The van der Waals surface area contributed by atoms with Gasteiger partial charge in [-0.15, -0.1) is 0 Å². The molecule has 0 aliphatic rings. The summed E-state index contributed by atoms with van der Waals surface area (Å²) in [4.78, 5) is 10.1. The van der Waals surface area contributed by atoms with Crippen molar-refractivity contribution in [2.75, 3.05) is 0 Å². The minimum absolute atomic E-state index is 0.0819. The van der Waals surface area contributed by atoms with Gasteiger partial charge in [-0.2, -0.15) is 0 Å². The van der Waals surface area contributed by atoms with E-state index in [4.69, 9.17) is 23.2 Å². The van der Waals surface area contributed by atoms with E-state index >= 15 is 0 Å².